The van der Waals surface area contributed by atoms with Crippen molar-refractivity contribution in [3.05, 3.63) is 66.8 Å². The summed E-state index contributed by atoms with van der Waals surface area (Å²) in [4.78, 5) is 29.5. The van der Waals surface area contributed by atoms with Crippen molar-refractivity contribution in [1.29, 1.82) is 0 Å². The van der Waals surface area contributed by atoms with E-state index in [4.69, 9.17) is 9.57 Å². The zero-order chi connectivity index (χ0) is 18.1. The van der Waals surface area contributed by atoms with Gasteiger partial charge in [-0.2, -0.15) is 4.73 Å². The van der Waals surface area contributed by atoms with Gasteiger partial charge in [0, 0.05) is 21.9 Å². The molecule has 0 amide bonds. The van der Waals surface area contributed by atoms with E-state index in [0.717, 1.165) is 10.8 Å². The van der Waals surface area contributed by atoms with Crippen LogP contribution in [0.5, 0.6) is 5.75 Å². The van der Waals surface area contributed by atoms with Gasteiger partial charge in [0.15, 0.2) is 5.75 Å². The quantitative estimate of drug-likeness (QED) is 0.413. The van der Waals surface area contributed by atoms with Gasteiger partial charge in [-0.3, -0.25) is 0 Å². The van der Waals surface area contributed by atoms with Crippen LogP contribution in [0.1, 0.15) is 13.8 Å². The SMILES string of the molecule is C=C(C)C(=O)Oc1cccc2c3ccccc3n(OC(=O)C(=C)C)c12. The number of carbonyl (C=O) groups excluding carboxylic acids is 2. The molecule has 25 heavy (non-hydrogen) atoms. The fourth-order valence-electron chi connectivity index (χ4n) is 2.47. The lowest BCUT2D eigenvalue weighted by Crippen LogP contribution is -2.20. The van der Waals surface area contributed by atoms with E-state index in [0.29, 0.717) is 11.0 Å². The monoisotopic (exact) mass is 335 g/mol. The molecule has 5 heteroatoms. The second kappa shape index (κ2) is 6.28. The fourth-order valence-corrected chi connectivity index (χ4v) is 2.47. The number of hydrogen-bond donors (Lipinski definition) is 0. The van der Waals surface area contributed by atoms with Gasteiger partial charge in [0.2, 0.25) is 0 Å². The minimum Gasteiger partial charge on any atom is -0.421 e. The lowest BCUT2D eigenvalue weighted by molar-refractivity contribution is -0.138. The van der Waals surface area contributed by atoms with E-state index in [9.17, 15) is 9.59 Å². The summed E-state index contributed by atoms with van der Waals surface area (Å²) in [5.74, 6) is -0.824. The van der Waals surface area contributed by atoms with E-state index >= 15 is 0 Å². The number of nitrogens with zero attached hydrogens (tertiary/aromatic N) is 1. The highest BCUT2D eigenvalue weighted by Crippen LogP contribution is 2.34. The van der Waals surface area contributed by atoms with Crippen LogP contribution in [0.4, 0.5) is 0 Å². The molecule has 0 aliphatic rings. The number of aromatic nitrogens is 1. The molecule has 0 aliphatic heterocycles. The maximum atomic E-state index is 12.1. The average molecular weight is 335 g/mol. The maximum absolute atomic E-state index is 12.1. The average Bonchev–Trinajstić information content (AvgIpc) is 2.90. The molecule has 0 atom stereocenters. The molecule has 2 aromatic carbocycles. The molecule has 126 valence electrons. The maximum Gasteiger partial charge on any atom is 0.358 e. The first-order valence-electron chi connectivity index (χ1n) is 7.68. The van der Waals surface area contributed by atoms with Crippen molar-refractivity contribution in [3.8, 4) is 5.75 Å². The number of ether oxygens (including phenoxy) is 1. The Hall–Kier alpha value is -3.34. The standard InChI is InChI=1S/C20H17NO4/c1-12(2)19(22)24-17-11-7-9-15-14-8-5-6-10-16(14)21(18(15)17)25-20(23)13(3)4/h5-11H,1,3H2,2,4H3. The summed E-state index contributed by atoms with van der Waals surface area (Å²) in [6.07, 6.45) is 0. The van der Waals surface area contributed by atoms with Crippen molar-refractivity contribution < 1.29 is 19.2 Å². The van der Waals surface area contributed by atoms with Crippen LogP contribution in [0.3, 0.4) is 0 Å². The second-order valence-electron chi connectivity index (χ2n) is 5.79. The predicted octanol–water partition coefficient (Wildman–Crippen LogP) is 3.81. The van der Waals surface area contributed by atoms with Gasteiger partial charge in [-0.15, -0.1) is 0 Å². The summed E-state index contributed by atoms with van der Waals surface area (Å²) in [6, 6.07) is 12.8. The number of fused-ring (bicyclic) bond motifs is 3. The number of benzene rings is 2. The van der Waals surface area contributed by atoms with Crippen LogP contribution in [0.25, 0.3) is 21.8 Å². The largest absolute Gasteiger partial charge is 0.421 e. The molecule has 0 saturated heterocycles. The molecule has 0 radical (unpaired) electrons. The van der Waals surface area contributed by atoms with Crippen LogP contribution in [0.2, 0.25) is 0 Å². The Bertz CT molecular complexity index is 1040. The minimum atomic E-state index is -0.566. The highest BCUT2D eigenvalue weighted by atomic mass is 16.7. The smallest absolute Gasteiger partial charge is 0.358 e. The van der Waals surface area contributed by atoms with Crippen molar-refractivity contribution >= 4 is 33.7 Å². The molecular formula is C20H17NO4. The number of rotatable bonds is 4. The Morgan fingerprint density at radius 2 is 1.52 bits per heavy atom. The third kappa shape index (κ3) is 2.92. The normalized spacial score (nSPS) is 10.6. The fraction of sp³-hybridized carbons (Fsp3) is 0.100. The van der Waals surface area contributed by atoms with E-state index < -0.39 is 11.9 Å². The first-order valence-corrected chi connectivity index (χ1v) is 7.68. The summed E-state index contributed by atoms with van der Waals surface area (Å²) in [5, 5.41) is 1.68. The van der Waals surface area contributed by atoms with Crippen LogP contribution in [-0.2, 0) is 9.59 Å². The Morgan fingerprint density at radius 1 is 0.880 bits per heavy atom. The third-order valence-electron chi connectivity index (χ3n) is 3.69. The van der Waals surface area contributed by atoms with Crippen LogP contribution >= 0.6 is 0 Å². The van der Waals surface area contributed by atoms with Gasteiger partial charge >= 0.3 is 11.9 Å². The van der Waals surface area contributed by atoms with Crippen LogP contribution in [0.15, 0.2) is 66.8 Å². The number of para-hydroxylation sites is 2. The number of esters is 1. The molecule has 3 rings (SSSR count). The molecule has 0 saturated carbocycles. The van der Waals surface area contributed by atoms with Gasteiger partial charge in [-0.1, -0.05) is 43.5 Å². The molecule has 0 fully saturated rings. The van der Waals surface area contributed by atoms with Gasteiger partial charge in [-0.25, -0.2) is 9.59 Å². The van der Waals surface area contributed by atoms with Gasteiger partial charge in [0.05, 0.1) is 5.52 Å². The Balaban J connectivity index is 2.28. The zero-order valence-corrected chi connectivity index (χ0v) is 14.0. The molecule has 0 aliphatic carbocycles. The van der Waals surface area contributed by atoms with Crippen molar-refractivity contribution in [3.63, 3.8) is 0 Å². The van der Waals surface area contributed by atoms with E-state index in [-0.39, 0.29) is 16.9 Å². The van der Waals surface area contributed by atoms with Gasteiger partial charge in [-0.05, 0) is 26.0 Å². The summed E-state index contributed by atoms with van der Waals surface area (Å²) in [5.41, 5.74) is 1.72. The van der Waals surface area contributed by atoms with Crippen molar-refractivity contribution in [2.45, 2.75) is 13.8 Å². The van der Waals surface area contributed by atoms with Crippen LogP contribution in [0, 0.1) is 0 Å². The summed E-state index contributed by atoms with van der Waals surface area (Å²) in [6.45, 7) is 10.3. The molecular weight excluding hydrogens is 318 g/mol. The Morgan fingerprint density at radius 3 is 2.20 bits per heavy atom. The van der Waals surface area contributed by atoms with E-state index in [1.807, 2.05) is 30.3 Å². The molecule has 0 spiro atoms. The van der Waals surface area contributed by atoms with Gasteiger partial charge in [0.25, 0.3) is 0 Å². The molecule has 0 bridgehead atoms. The van der Waals surface area contributed by atoms with Crippen molar-refractivity contribution in [1.82, 2.24) is 4.73 Å². The predicted molar refractivity (Wildman–Crippen MR) is 96.3 cm³/mol. The molecule has 3 aromatic rings. The summed E-state index contributed by atoms with van der Waals surface area (Å²) in [7, 11) is 0. The number of carbonyl (C=O) groups is 2. The molecule has 1 heterocycles. The van der Waals surface area contributed by atoms with Crippen molar-refractivity contribution in [2.24, 2.45) is 0 Å². The first-order chi connectivity index (χ1) is 11.9. The highest BCUT2D eigenvalue weighted by Gasteiger charge is 2.19. The molecule has 0 unspecified atom stereocenters. The minimum absolute atomic E-state index is 0.266. The van der Waals surface area contributed by atoms with E-state index in [2.05, 4.69) is 13.2 Å². The summed E-state index contributed by atoms with van der Waals surface area (Å²) < 4.78 is 6.81. The number of hydrogen-bond acceptors (Lipinski definition) is 4. The van der Waals surface area contributed by atoms with Gasteiger partial charge < -0.3 is 9.57 Å². The van der Waals surface area contributed by atoms with Crippen LogP contribution in [-0.4, -0.2) is 16.7 Å². The topological polar surface area (TPSA) is 57.5 Å². The molecule has 1 aromatic heterocycles. The molecule has 0 N–H and O–H groups in total. The van der Waals surface area contributed by atoms with E-state index in [1.165, 1.54) is 4.73 Å². The molecule has 5 nitrogen and oxygen atoms in total. The Kier molecular flexibility index (Phi) is 4.15. The Labute approximate surface area is 144 Å². The zero-order valence-electron chi connectivity index (χ0n) is 14.0. The van der Waals surface area contributed by atoms with Crippen molar-refractivity contribution in [2.75, 3.05) is 0 Å². The van der Waals surface area contributed by atoms with E-state index in [1.54, 1.807) is 26.0 Å². The highest BCUT2D eigenvalue weighted by molar-refractivity contribution is 6.10. The third-order valence-corrected chi connectivity index (χ3v) is 3.69. The second-order valence-corrected chi connectivity index (χ2v) is 5.79. The first kappa shape index (κ1) is 16.5. The summed E-state index contributed by atoms with van der Waals surface area (Å²) >= 11 is 0. The lowest BCUT2D eigenvalue weighted by atomic mass is 10.1. The lowest BCUT2D eigenvalue weighted by Gasteiger charge is -2.10. The van der Waals surface area contributed by atoms with Gasteiger partial charge in [0.1, 0.15) is 5.52 Å². The van der Waals surface area contributed by atoms with Crippen LogP contribution < -0.4 is 9.57 Å².